The number of aryl methyl sites for hydroxylation is 1. The quantitative estimate of drug-likeness (QED) is 0.319. The third-order valence-electron chi connectivity index (χ3n) is 5.57. The van der Waals surface area contributed by atoms with E-state index in [0.29, 0.717) is 18.0 Å². The summed E-state index contributed by atoms with van der Waals surface area (Å²) in [5.74, 6) is 1.35. The molecular weight excluding hydrogens is 428 g/mol. The lowest BCUT2D eigenvalue weighted by Gasteiger charge is -2.10. The molecule has 0 aliphatic carbocycles. The Labute approximate surface area is 199 Å². The largest absolute Gasteiger partial charge is 0.352 e. The van der Waals surface area contributed by atoms with Crippen molar-refractivity contribution < 1.29 is 4.79 Å². The van der Waals surface area contributed by atoms with E-state index in [0.717, 1.165) is 40.5 Å². The van der Waals surface area contributed by atoms with E-state index in [1.165, 1.54) is 11.1 Å². The number of carbonyl (C=O) groups excluding carboxylic acids is 1. The van der Waals surface area contributed by atoms with E-state index < -0.39 is 0 Å². The van der Waals surface area contributed by atoms with Gasteiger partial charge in [-0.15, -0.1) is 0 Å². The lowest BCUT2D eigenvalue weighted by atomic mass is 10.1. The molecule has 4 rings (SSSR count). The van der Waals surface area contributed by atoms with Gasteiger partial charge in [0.15, 0.2) is 5.16 Å². The van der Waals surface area contributed by atoms with E-state index >= 15 is 0 Å². The third-order valence-corrected chi connectivity index (χ3v) is 6.62. The van der Waals surface area contributed by atoms with E-state index in [9.17, 15) is 4.79 Å². The van der Waals surface area contributed by atoms with Crippen molar-refractivity contribution in [1.29, 1.82) is 0 Å². The first-order valence-corrected chi connectivity index (χ1v) is 12.3. The first-order valence-electron chi connectivity index (χ1n) is 11.4. The van der Waals surface area contributed by atoms with Gasteiger partial charge in [-0.3, -0.25) is 9.78 Å². The van der Waals surface area contributed by atoms with Crippen molar-refractivity contribution in [3.8, 4) is 0 Å². The van der Waals surface area contributed by atoms with Crippen molar-refractivity contribution in [3.05, 3.63) is 89.2 Å². The zero-order chi connectivity index (χ0) is 23.2. The Morgan fingerprint density at radius 1 is 1.03 bits per heavy atom. The average molecular weight is 459 g/mol. The second kappa shape index (κ2) is 10.7. The van der Waals surface area contributed by atoms with Gasteiger partial charge in [0.1, 0.15) is 0 Å². The van der Waals surface area contributed by atoms with Crippen LogP contribution in [0.2, 0.25) is 0 Å². The van der Waals surface area contributed by atoms with E-state index in [-0.39, 0.29) is 5.91 Å². The molecular formula is C27H30N4OS. The number of hydrogen-bond acceptors (Lipinski definition) is 4. The summed E-state index contributed by atoms with van der Waals surface area (Å²) >= 11 is 1.70. The van der Waals surface area contributed by atoms with Crippen LogP contribution in [0.4, 0.5) is 0 Å². The summed E-state index contributed by atoms with van der Waals surface area (Å²) in [7, 11) is 0. The number of benzene rings is 2. The molecule has 0 radical (unpaired) electrons. The standard InChI is InChI=1S/C27H30N4OS/c1-19(2)12-15-29-26(32)23-10-8-22(9-11-23)18-33-27-30-24-13-14-28-16-25(24)31(27)17-21-6-4-20(3)5-7-21/h4-11,13-14,16,19H,12,15,17-18H2,1-3H3,(H,29,32). The van der Waals surface area contributed by atoms with Gasteiger partial charge in [0, 0.05) is 24.1 Å². The van der Waals surface area contributed by atoms with Gasteiger partial charge in [0.25, 0.3) is 5.91 Å². The molecule has 0 aliphatic heterocycles. The van der Waals surface area contributed by atoms with Gasteiger partial charge in [0.2, 0.25) is 0 Å². The minimum absolute atomic E-state index is 0.0118. The number of thioether (sulfide) groups is 1. The second-order valence-electron chi connectivity index (χ2n) is 8.75. The summed E-state index contributed by atoms with van der Waals surface area (Å²) in [6.07, 6.45) is 4.65. The highest BCUT2D eigenvalue weighted by Gasteiger charge is 2.13. The smallest absolute Gasteiger partial charge is 0.251 e. The van der Waals surface area contributed by atoms with E-state index in [1.54, 1.807) is 18.0 Å². The van der Waals surface area contributed by atoms with Crippen LogP contribution in [-0.2, 0) is 12.3 Å². The Kier molecular flexibility index (Phi) is 7.45. The molecule has 33 heavy (non-hydrogen) atoms. The number of rotatable bonds is 9. The molecule has 2 aromatic carbocycles. The SMILES string of the molecule is Cc1ccc(Cn2c(SCc3ccc(C(=O)NCCC(C)C)cc3)nc3ccncc32)cc1. The van der Waals surface area contributed by atoms with E-state index in [1.807, 2.05) is 36.5 Å². The zero-order valence-electron chi connectivity index (χ0n) is 19.4. The van der Waals surface area contributed by atoms with Gasteiger partial charge in [-0.25, -0.2) is 4.98 Å². The molecule has 0 bridgehead atoms. The monoisotopic (exact) mass is 458 g/mol. The fraction of sp³-hybridized carbons (Fsp3) is 0.296. The Bertz CT molecular complexity index is 1210. The number of fused-ring (bicyclic) bond motifs is 1. The maximum atomic E-state index is 12.3. The predicted molar refractivity (Wildman–Crippen MR) is 136 cm³/mol. The number of amides is 1. The molecule has 4 aromatic rings. The average Bonchev–Trinajstić information content (AvgIpc) is 3.16. The van der Waals surface area contributed by atoms with Crippen LogP contribution in [-0.4, -0.2) is 27.0 Å². The summed E-state index contributed by atoms with van der Waals surface area (Å²) < 4.78 is 2.23. The highest BCUT2D eigenvalue weighted by Crippen LogP contribution is 2.27. The lowest BCUT2D eigenvalue weighted by Crippen LogP contribution is -2.25. The Morgan fingerprint density at radius 3 is 2.48 bits per heavy atom. The van der Waals surface area contributed by atoms with Gasteiger partial charge in [-0.05, 0) is 48.6 Å². The molecule has 0 atom stereocenters. The van der Waals surface area contributed by atoms with Crippen molar-refractivity contribution in [3.63, 3.8) is 0 Å². The minimum atomic E-state index is -0.0118. The van der Waals surface area contributed by atoms with Crippen LogP contribution in [0.1, 0.15) is 47.3 Å². The number of aromatic nitrogens is 3. The number of nitrogens with zero attached hydrogens (tertiary/aromatic N) is 3. The third kappa shape index (κ3) is 6.02. The fourth-order valence-corrected chi connectivity index (χ4v) is 4.53. The summed E-state index contributed by atoms with van der Waals surface area (Å²) in [4.78, 5) is 21.5. The fourth-order valence-electron chi connectivity index (χ4n) is 3.56. The van der Waals surface area contributed by atoms with Crippen molar-refractivity contribution in [2.24, 2.45) is 5.92 Å². The van der Waals surface area contributed by atoms with Crippen LogP contribution >= 0.6 is 11.8 Å². The van der Waals surface area contributed by atoms with Crippen molar-refractivity contribution in [2.75, 3.05) is 6.54 Å². The molecule has 2 aromatic heterocycles. The maximum absolute atomic E-state index is 12.3. The summed E-state index contributed by atoms with van der Waals surface area (Å²) in [5, 5.41) is 3.96. The Morgan fingerprint density at radius 2 is 1.76 bits per heavy atom. The van der Waals surface area contributed by atoms with Crippen LogP contribution in [0, 0.1) is 12.8 Å². The molecule has 1 N–H and O–H groups in total. The van der Waals surface area contributed by atoms with Crippen LogP contribution in [0.5, 0.6) is 0 Å². The normalized spacial score (nSPS) is 11.3. The van der Waals surface area contributed by atoms with Crippen LogP contribution in [0.3, 0.4) is 0 Å². The first kappa shape index (κ1) is 23.1. The maximum Gasteiger partial charge on any atom is 0.251 e. The number of carbonyl (C=O) groups is 1. The van der Waals surface area contributed by atoms with E-state index in [4.69, 9.17) is 4.98 Å². The molecule has 0 saturated heterocycles. The molecule has 0 unspecified atom stereocenters. The van der Waals surface area contributed by atoms with E-state index in [2.05, 4.69) is 59.9 Å². The molecule has 170 valence electrons. The highest BCUT2D eigenvalue weighted by atomic mass is 32.2. The van der Waals surface area contributed by atoms with Gasteiger partial charge >= 0.3 is 0 Å². The second-order valence-corrected chi connectivity index (χ2v) is 9.70. The molecule has 2 heterocycles. The van der Waals surface area contributed by atoms with Crippen molar-refractivity contribution in [2.45, 2.75) is 44.6 Å². The van der Waals surface area contributed by atoms with Gasteiger partial charge in [-0.2, -0.15) is 0 Å². The van der Waals surface area contributed by atoms with Gasteiger partial charge in [0.05, 0.1) is 23.8 Å². The molecule has 0 fully saturated rings. The highest BCUT2D eigenvalue weighted by molar-refractivity contribution is 7.98. The van der Waals surface area contributed by atoms with Crippen LogP contribution in [0.25, 0.3) is 11.0 Å². The molecule has 0 saturated carbocycles. The molecule has 6 heteroatoms. The number of pyridine rings is 1. The Hall–Kier alpha value is -3.12. The zero-order valence-corrected chi connectivity index (χ0v) is 20.2. The molecule has 0 spiro atoms. The van der Waals surface area contributed by atoms with Gasteiger partial charge in [-0.1, -0.05) is 67.6 Å². The number of nitrogens with one attached hydrogen (secondary N) is 1. The van der Waals surface area contributed by atoms with Crippen molar-refractivity contribution in [1.82, 2.24) is 19.9 Å². The molecule has 5 nitrogen and oxygen atoms in total. The number of imidazole rings is 1. The minimum Gasteiger partial charge on any atom is -0.352 e. The summed E-state index contributed by atoms with van der Waals surface area (Å²) in [6.45, 7) is 7.87. The first-order chi connectivity index (χ1) is 16.0. The number of hydrogen-bond donors (Lipinski definition) is 1. The van der Waals surface area contributed by atoms with Crippen LogP contribution < -0.4 is 5.32 Å². The Balaban J connectivity index is 1.45. The molecule has 0 aliphatic rings. The summed E-state index contributed by atoms with van der Waals surface area (Å²) in [5.41, 5.74) is 6.33. The van der Waals surface area contributed by atoms with Crippen molar-refractivity contribution >= 4 is 28.7 Å². The lowest BCUT2D eigenvalue weighted by molar-refractivity contribution is 0.0952. The van der Waals surface area contributed by atoms with Crippen LogP contribution in [0.15, 0.2) is 72.1 Å². The van der Waals surface area contributed by atoms with Gasteiger partial charge < -0.3 is 9.88 Å². The topological polar surface area (TPSA) is 59.8 Å². The predicted octanol–water partition coefficient (Wildman–Crippen LogP) is 5.86. The molecule has 1 amide bonds. The summed E-state index contributed by atoms with van der Waals surface area (Å²) in [6, 6.07) is 18.4.